The number of nitrogens with zero attached hydrogens (tertiary/aromatic N) is 2. The average molecular weight is 486 g/mol. The number of benzene rings is 2. The molecule has 0 radical (unpaired) electrons. The van der Waals surface area contributed by atoms with Crippen LogP contribution in [0.4, 0.5) is 4.39 Å². The second-order valence-corrected chi connectivity index (χ2v) is 9.97. The Balaban J connectivity index is 1.96. The molecule has 1 N–H and O–H groups in total. The van der Waals surface area contributed by atoms with E-state index in [1.807, 2.05) is 6.92 Å². The molecule has 0 bridgehead atoms. The lowest BCUT2D eigenvalue weighted by atomic mass is 10.1. The van der Waals surface area contributed by atoms with E-state index in [2.05, 4.69) is 9.97 Å². The van der Waals surface area contributed by atoms with Crippen molar-refractivity contribution in [1.29, 1.82) is 0 Å². The minimum Gasteiger partial charge on any atom is -0.493 e. The van der Waals surface area contributed by atoms with Crippen LogP contribution in [0.1, 0.15) is 18.5 Å². The molecule has 0 aliphatic rings. The number of aromatic amines is 1. The van der Waals surface area contributed by atoms with Crippen molar-refractivity contribution in [2.75, 3.05) is 25.7 Å². The van der Waals surface area contributed by atoms with Crippen molar-refractivity contribution in [2.45, 2.75) is 13.0 Å². The number of sulfone groups is 1. The SMILES string of the molecule is CCOc1cc([C@@H](CS(C)(=O)=O)n2c(=O)[nH]c3c(-c4ncccc4F)cccc32)ccc1OC. The molecule has 0 aliphatic heterocycles. The Kier molecular flexibility index (Phi) is 6.43. The van der Waals surface area contributed by atoms with E-state index in [-0.39, 0.29) is 11.4 Å². The van der Waals surface area contributed by atoms with Crippen LogP contribution in [-0.4, -0.2) is 48.7 Å². The summed E-state index contributed by atoms with van der Waals surface area (Å²) >= 11 is 0. The summed E-state index contributed by atoms with van der Waals surface area (Å²) < 4.78 is 51.6. The molecule has 0 saturated carbocycles. The van der Waals surface area contributed by atoms with Gasteiger partial charge in [0, 0.05) is 18.0 Å². The van der Waals surface area contributed by atoms with Crippen molar-refractivity contribution in [3.05, 3.63) is 76.6 Å². The lowest BCUT2D eigenvalue weighted by Gasteiger charge is -2.20. The molecular formula is C24H24FN3O5S. The van der Waals surface area contributed by atoms with E-state index < -0.39 is 27.4 Å². The van der Waals surface area contributed by atoms with Gasteiger partial charge in [-0.05, 0) is 42.8 Å². The summed E-state index contributed by atoms with van der Waals surface area (Å²) in [5.74, 6) is 0.0562. The van der Waals surface area contributed by atoms with Gasteiger partial charge in [0.2, 0.25) is 0 Å². The van der Waals surface area contributed by atoms with Crippen LogP contribution in [0.15, 0.2) is 59.5 Å². The van der Waals surface area contributed by atoms with Crippen molar-refractivity contribution in [3.8, 4) is 22.8 Å². The number of imidazole rings is 1. The Bertz CT molecular complexity index is 1510. The molecule has 2 heterocycles. The number of para-hydroxylation sites is 1. The predicted molar refractivity (Wildman–Crippen MR) is 128 cm³/mol. The number of hydrogen-bond donors (Lipinski definition) is 1. The van der Waals surface area contributed by atoms with Crippen molar-refractivity contribution >= 4 is 20.9 Å². The van der Waals surface area contributed by atoms with Gasteiger partial charge < -0.3 is 14.5 Å². The first-order valence-corrected chi connectivity index (χ1v) is 12.6. The highest BCUT2D eigenvalue weighted by Crippen LogP contribution is 2.34. The fraction of sp³-hybridized carbons (Fsp3) is 0.250. The van der Waals surface area contributed by atoms with Gasteiger partial charge in [0.15, 0.2) is 11.5 Å². The van der Waals surface area contributed by atoms with E-state index in [1.54, 1.807) is 36.4 Å². The van der Waals surface area contributed by atoms with Crippen LogP contribution < -0.4 is 15.2 Å². The Morgan fingerprint density at radius 1 is 1.15 bits per heavy atom. The van der Waals surface area contributed by atoms with Crippen LogP contribution in [0.2, 0.25) is 0 Å². The van der Waals surface area contributed by atoms with E-state index in [1.165, 1.54) is 30.0 Å². The number of rotatable bonds is 8. The van der Waals surface area contributed by atoms with Gasteiger partial charge in [-0.3, -0.25) is 9.55 Å². The van der Waals surface area contributed by atoms with Crippen molar-refractivity contribution in [1.82, 2.24) is 14.5 Å². The number of halogens is 1. The van der Waals surface area contributed by atoms with E-state index >= 15 is 0 Å². The number of fused-ring (bicyclic) bond motifs is 1. The molecule has 0 amide bonds. The third-order valence-corrected chi connectivity index (χ3v) is 6.33. The Morgan fingerprint density at radius 2 is 1.94 bits per heavy atom. The van der Waals surface area contributed by atoms with Gasteiger partial charge in [-0.2, -0.15) is 0 Å². The second kappa shape index (κ2) is 9.30. The molecule has 0 unspecified atom stereocenters. The van der Waals surface area contributed by atoms with Gasteiger partial charge in [-0.15, -0.1) is 0 Å². The minimum absolute atomic E-state index is 0.0873. The maximum atomic E-state index is 14.5. The highest BCUT2D eigenvalue weighted by atomic mass is 32.2. The molecule has 2 aromatic heterocycles. The van der Waals surface area contributed by atoms with Crippen molar-refractivity contribution < 1.29 is 22.3 Å². The first kappa shape index (κ1) is 23.5. The second-order valence-electron chi connectivity index (χ2n) is 7.79. The first-order valence-electron chi connectivity index (χ1n) is 10.6. The number of methoxy groups -OCH3 is 1. The highest BCUT2D eigenvalue weighted by molar-refractivity contribution is 7.90. The van der Waals surface area contributed by atoms with Crippen LogP contribution in [0.25, 0.3) is 22.3 Å². The van der Waals surface area contributed by atoms with Crippen molar-refractivity contribution in [3.63, 3.8) is 0 Å². The van der Waals surface area contributed by atoms with Crippen LogP contribution in [0.5, 0.6) is 11.5 Å². The fourth-order valence-corrected chi connectivity index (χ4v) is 4.93. The van der Waals surface area contributed by atoms with Crippen LogP contribution in [0.3, 0.4) is 0 Å². The van der Waals surface area contributed by atoms with E-state index in [0.717, 1.165) is 6.26 Å². The molecule has 178 valence electrons. The van der Waals surface area contributed by atoms with Crippen molar-refractivity contribution in [2.24, 2.45) is 0 Å². The normalized spacial score (nSPS) is 12.6. The highest BCUT2D eigenvalue weighted by Gasteiger charge is 2.26. The first-order chi connectivity index (χ1) is 16.2. The molecule has 0 fully saturated rings. The summed E-state index contributed by atoms with van der Waals surface area (Å²) in [5, 5.41) is 0. The maximum Gasteiger partial charge on any atom is 0.327 e. The molecule has 0 spiro atoms. The molecule has 4 rings (SSSR count). The predicted octanol–water partition coefficient (Wildman–Crippen LogP) is 3.57. The van der Waals surface area contributed by atoms with Gasteiger partial charge in [-0.25, -0.2) is 17.6 Å². The quantitative estimate of drug-likeness (QED) is 0.409. The number of ether oxygens (including phenoxy) is 2. The number of aromatic nitrogens is 3. The van der Waals surface area contributed by atoms with Crippen LogP contribution in [0, 0.1) is 5.82 Å². The van der Waals surface area contributed by atoms with Gasteiger partial charge >= 0.3 is 5.69 Å². The summed E-state index contributed by atoms with van der Waals surface area (Å²) in [7, 11) is -2.00. The summed E-state index contributed by atoms with van der Waals surface area (Å²) in [6.07, 6.45) is 2.58. The average Bonchev–Trinajstić information content (AvgIpc) is 3.13. The zero-order valence-electron chi connectivity index (χ0n) is 18.9. The lowest BCUT2D eigenvalue weighted by molar-refractivity contribution is 0.310. The molecule has 8 nitrogen and oxygen atoms in total. The standard InChI is InChI=1S/C24H24FN3O5S/c1-4-33-21-13-15(10-11-20(21)32-2)19(14-34(3,30)31)28-18-9-5-7-16(23(18)27-24(28)29)22-17(25)8-6-12-26-22/h5-13,19H,4,14H2,1-3H3,(H,27,29)/t19-/m1/s1. The smallest absolute Gasteiger partial charge is 0.327 e. The molecule has 2 aromatic carbocycles. The summed E-state index contributed by atoms with van der Waals surface area (Å²) in [6, 6.07) is 11.9. The summed E-state index contributed by atoms with van der Waals surface area (Å²) in [4.78, 5) is 20.1. The largest absolute Gasteiger partial charge is 0.493 e. The summed E-state index contributed by atoms with van der Waals surface area (Å²) in [6.45, 7) is 2.20. The van der Waals surface area contributed by atoms with Crippen LogP contribution in [-0.2, 0) is 9.84 Å². The molecule has 0 saturated heterocycles. The Labute approximate surface area is 195 Å². The van der Waals surface area contributed by atoms with E-state index in [9.17, 15) is 17.6 Å². The molecule has 1 atom stereocenters. The zero-order valence-corrected chi connectivity index (χ0v) is 19.7. The Morgan fingerprint density at radius 3 is 2.62 bits per heavy atom. The topological polar surface area (TPSA) is 103 Å². The van der Waals surface area contributed by atoms with Gasteiger partial charge in [0.05, 0.1) is 36.5 Å². The Hall–Kier alpha value is -3.66. The van der Waals surface area contributed by atoms with Gasteiger partial charge in [-0.1, -0.05) is 18.2 Å². The zero-order chi connectivity index (χ0) is 24.5. The number of nitrogens with one attached hydrogen (secondary N) is 1. The van der Waals surface area contributed by atoms with E-state index in [4.69, 9.17) is 9.47 Å². The number of pyridine rings is 1. The summed E-state index contributed by atoms with van der Waals surface area (Å²) in [5.41, 5.74) is 1.30. The third-order valence-electron chi connectivity index (χ3n) is 5.41. The number of H-pyrrole nitrogens is 1. The number of hydrogen-bond acceptors (Lipinski definition) is 6. The molecule has 4 aromatic rings. The molecular weight excluding hydrogens is 461 g/mol. The van der Waals surface area contributed by atoms with E-state index in [0.29, 0.717) is 40.3 Å². The lowest BCUT2D eigenvalue weighted by Crippen LogP contribution is -2.28. The fourth-order valence-electron chi connectivity index (χ4n) is 4.01. The monoisotopic (exact) mass is 485 g/mol. The van der Waals surface area contributed by atoms with Crippen LogP contribution >= 0.6 is 0 Å². The molecule has 34 heavy (non-hydrogen) atoms. The van der Waals surface area contributed by atoms with Gasteiger partial charge in [0.1, 0.15) is 21.3 Å². The molecule has 10 heteroatoms. The molecule has 0 aliphatic carbocycles. The minimum atomic E-state index is -3.51. The third kappa shape index (κ3) is 4.54. The maximum absolute atomic E-state index is 14.5. The van der Waals surface area contributed by atoms with Gasteiger partial charge in [0.25, 0.3) is 0 Å².